The van der Waals surface area contributed by atoms with Crippen LogP contribution >= 0.6 is 23.8 Å². The lowest BCUT2D eigenvalue weighted by Crippen LogP contribution is -2.28. The minimum absolute atomic E-state index is 0.161. The predicted octanol–water partition coefficient (Wildman–Crippen LogP) is 3.16. The second-order valence-electron chi connectivity index (χ2n) is 3.62. The second-order valence-corrected chi connectivity index (χ2v) is 4.57. The van der Waals surface area contributed by atoms with Crippen LogP contribution in [0.4, 0.5) is 5.69 Å². The van der Waals surface area contributed by atoms with Crippen LogP contribution in [0.15, 0.2) is 23.4 Å². The number of para-hydroxylation sites is 1. The van der Waals surface area contributed by atoms with Gasteiger partial charge in [-0.25, -0.2) is 4.31 Å². The Labute approximate surface area is 121 Å². The first-order valence-corrected chi connectivity index (χ1v) is 6.81. The molecule has 0 saturated heterocycles. The van der Waals surface area contributed by atoms with E-state index in [2.05, 4.69) is 5.22 Å². The number of amides is 1. The molecule has 0 fully saturated rings. The van der Waals surface area contributed by atoms with E-state index in [0.717, 1.165) is 35.5 Å². The molecule has 8 heteroatoms. The topological polar surface area (TPSA) is 77.8 Å². The molecule has 1 aromatic carbocycles. The Morgan fingerprint density at radius 2 is 2.37 bits per heavy atom. The molecule has 0 unspecified atom stereocenters. The molecule has 0 aliphatic rings. The van der Waals surface area contributed by atoms with E-state index in [0.29, 0.717) is 0 Å². The van der Waals surface area contributed by atoms with Crippen LogP contribution in [0, 0.1) is 12.5 Å². The van der Waals surface area contributed by atoms with Gasteiger partial charge in [0.2, 0.25) is 0 Å². The zero-order chi connectivity index (χ0) is 14.3. The van der Waals surface area contributed by atoms with Gasteiger partial charge in [-0.2, -0.15) is 15.4 Å². The van der Waals surface area contributed by atoms with Gasteiger partial charge in [0.25, 0.3) is 5.91 Å². The number of hydrogen-bond donors (Lipinski definition) is 2. The first kappa shape index (κ1) is 15.7. The summed E-state index contributed by atoms with van der Waals surface area (Å²) in [6.45, 7) is 3.91. The minimum atomic E-state index is -0.303. The van der Waals surface area contributed by atoms with E-state index < -0.39 is 0 Å². The Kier molecular flexibility index (Phi) is 6.61. The van der Waals surface area contributed by atoms with Crippen LogP contribution in [0.25, 0.3) is 0 Å². The fourth-order valence-electron chi connectivity index (χ4n) is 1.63. The molecular weight excluding hydrogens is 288 g/mol. The zero-order valence-corrected chi connectivity index (χ0v) is 12.2. The Bertz CT molecular complexity index is 458. The molecule has 0 heterocycles. The van der Waals surface area contributed by atoms with Crippen LogP contribution in [-0.2, 0) is 15.5 Å². The fraction of sp³-hybridized carbons (Fsp3) is 0.364. The zero-order valence-electron chi connectivity index (χ0n) is 10.6. The van der Waals surface area contributed by atoms with Crippen LogP contribution in [0.1, 0.15) is 18.1 Å². The number of halogens is 1. The highest BCUT2D eigenvalue weighted by Crippen LogP contribution is 2.31. The van der Waals surface area contributed by atoms with Gasteiger partial charge in [0.1, 0.15) is 5.88 Å². The lowest BCUT2D eigenvalue weighted by atomic mass is 10.1. The molecule has 0 bridgehead atoms. The lowest BCUT2D eigenvalue weighted by molar-refractivity contribution is -0.115. The largest absolute Gasteiger partial charge is 0.272 e. The standard InChI is InChI=1S/C11H15ClN4O2S/c1-3-9-6-4-5-8(2)11(9)16(10(17)7-12)19-18-15-14-13/h4-6H,3,7H2,1-2H3,(H2,13,15). The molecule has 1 aromatic rings. The molecule has 6 nitrogen and oxygen atoms in total. The molecule has 0 atom stereocenters. The molecular formula is C11H15ClN4O2S. The van der Waals surface area contributed by atoms with Gasteiger partial charge in [-0.15, -0.1) is 11.6 Å². The lowest BCUT2D eigenvalue weighted by Gasteiger charge is -2.23. The minimum Gasteiger partial charge on any atom is -0.272 e. The molecule has 0 saturated carbocycles. The number of hydrogen-bond acceptors (Lipinski definition) is 5. The maximum Gasteiger partial charge on any atom is 0.253 e. The van der Waals surface area contributed by atoms with Gasteiger partial charge >= 0.3 is 0 Å². The summed E-state index contributed by atoms with van der Waals surface area (Å²) < 4.78 is 6.20. The average Bonchev–Trinajstić information content (AvgIpc) is 2.43. The number of carbonyl (C=O) groups is 1. The number of carbonyl (C=O) groups excluding carboxylic acids is 1. The van der Waals surface area contributed by atoms with Crippen molar-refractivity contribution in [3.8, 4) is 0 Å². The normalized spacial score (nSPS) is 10.1. The number of alkyl halides is 1. The molecule has 0 spiro atoms. The van der Waals surface area contributed by atoms with Gasteiger partial charge in [0.15, 0.2) is 12.2 Å². The van der Waals surface area contributed by atoms with Crippen molar-refractivity contribution in [2.45, 2.75) is 20.3 Å². The molecule has 0 aromatic heterocycles. The Morgan fingerprint density at radius 3 is 2.95 bits per heavy atom. The van der Waals surface area contributed by atoms with Gasteiger partial charge in [0, 0.05) is 0 Å². The average molecular weight is 303 g/mol. The Morgan fingerprint density at radius 1 is 1.63 bits per heavy atom. The van der Waals surface area contributed by atoms with Crippen molar-refractivity contribution in [1.82, 2.24) is 5.59 Å². The summed E-state index contributed by atoms with van der Waals surface area (Å²) in [4.78, 5) is 11.9. The highest BCUT2D eigenvalue weighted by molar-refractivity contribution is 7.96. The van der Waals surface area contributed by atoms with E-state index in [4.69, 9.17) is 21.4 Å². The van der Waals surface area contributed by atoms with Crippen molar-refractivity contribution in [3.63, 3.8) is 0 Å². The molecule has 104 valence electrons. The maximum absolute atomic E-state index is 11.9. The van der Waals surface area contributed by atoms with E-state index in [9.17, 15) is 4.79 Å². The first-order valence-electron chi connectivity index (χ1n) is 5.58. The third-order valence-electron chi connectivity index (χ3n) is 2.44. The summed E-state index contributed by atoms with van der Waals surface area (Å²) >= 11 is 6.37. The third-order valence-corrected chi connectivity index (χ3v) is 3.35. The highest BCUT2D eigenvalue weighted by atomic mass is 35.5. The van der Waals surface area contributed by atoms with Crippen LogP contribution in [0.3, 0.4) is 0 Å². The van der Waals surface area contributed by atoms with Gasteiger partial charge in [-0.3, -0.25) is 4.79 Å². The number of aryl methyl sites for hydroxylation is 2. The summed E-state index contributed by atoms with van der Waals surface area (Å²) in [5.41, 5.74) is 11.3. The van der Waals surface area contributed by atoms with Crippen LogP contribution in [-0.4, -0.2) is 11.8 Å². The number of nitrogens with one attached hydrogen (secondary N) is 2. The molecule has 19 heavy (non-hydrogen) atoms. The van der Waals surface area contributed by atoms with Crippen LogP contribution < -0.4 is 9.89 Å². The summed E-state index contributed by atoms with van der Waals surface area (Å²) in [7, 11) is 0. The summed E-state index contributed by atoms with van der Waals surface area (Å²) in [6.07, 6.45) is 0.778. The van der Waals surface area contributed by atoms with E-state index in [1.807, 2.05) is 37.6 Å². The van der Waals surface area contributed by atoms with Crippen molar-refractivity contribution in [2.24, 2.45) is 5.22 Å². The molecule has 1 amide bonds. The summed E-state index contributed by atoms with van der Waals surface area (Å²) in [6, 6.07) is 5.79. The van der Waals surface area contributed by atoms with Crippen molar-refractivity contribution in [3.05, 3.63) is 29.3 Å². The summed E-state index contributed by atoms with van der Waals surface area (Å²) in [5, 5.41) is 2.84. The highest BCUT2D eigenvalue weighted by Gasteiger charge is 2.21. The molecule has 0 aliphatic carbocycles. The smallest absolute Gasteiger partial charge is 0.253 e. The molecule has 1 rings (SSSR count). The van der Waals surface area contributed by atoms with Crippen LogP contribution in [0.5, 0.6) is 0 Å². The Balaban J connectivity index is 3.09. The van der Waals surface area contributed by atoms with Gasteiger partial charge < -0.3 is 0 Å². The Hall–Kier alpha value is -1.31. The predicted molar refractivity (Wildman–Crippen MR) is 75.7 cm³/mol. The van der Waals surface area contributed by atoms with Crippen molar-refractivity contribution in [2.75, 3.05) is 10.2 Å². The number of rotatable bonds is 7. The van der Waals surface area contributed by atoms with Crippen molar-refractivity contribution in [1.29, 1.82) is 5.53 Å². The number of nitrogens with zero attached hydrogens (tertiary/aromatic N) is 2. The van der Waals surface area contributed by atoms with Gasteiger partial charge in [0.05, 0.1) is 5.69 Å². The number of anilines is 1. The maximum atomic E-state index is 11.9. The molecule has 0 aliphatic heterocycles. The van der Waals surface area contributed by atoms with E-state index >= 15 is 0 Å². The quantitative estimate of drug-likeness (QED) is 0.202. The van der Waals surface area contributed by atoms with Crippen molar-refractivity contribution >= 4 is 35.4 Å². The monoisotopic (exact) mass is 302 g/mol. The first-order chi connectivity index (χ1) is 9.15. The van der Waals surface area contributed by atoms with E-state index in [1.54, 1.807) is 0 Å². The molecule has 2 N–H and O–H groups in total. The number of benzene rings is 1. The summed E-state index contributed by atoms with van der Waals surface area (Å²) in [5.74, 6) is -0.464. The van der Waals surface area contributed by atoms with Gasteiger partial charge in [-0.05, 0) is 24.5 Å². The van der Waals surface area contributed by atoms with E-state index in [-0.39, 0.29) is 11.8 Å². The molecule has 0 radical (unpaired) electrons. The second kappa shape index (κ2) is 7.98. The third kappa shape index (κ3) is 4.09. The van der Waals surface area contributed by atoms with Gasteiger partial charge in [-0.1, -0.05) is 30.3 Å². The fourth-order valence-corrected chi connectivity index (χ4v) is 2.45. The van der Waals surface area contributed by atoms with E-state index in [1.165, 1.54) is 4.31 Å². The van der Waals surface area contributed by atoms with Crippen molar-refractivity contribution < 1.29 is 9.08 Å². The SMILES string of the molecule is CCc1cccc(C)c1N(SONN=N)C(=O)CCl. The van der Waals surface area contributed by atoms with Crippen LogP contribution in [0.2, 0.25) is 0 Å².